The smallest absolute Gasteiger partial charge is 0.315 e. The molecule has 0 radical (unpaired) electrons. The van der Waals surface area contributed by atoms with Crippen molar-refractivity contribution in [3.63, 3.8) is 0 Å². The van der Waals surface area contributed by atoms with Crippen molar-refractivity contribution < 1.29 is 19.2 Å². The number of carbonyl (C=O) groups is 1. The summed E-state index contributed by atoms with van der Waals surface area (Å²) in [6.45, 7) is 1.50. The van der Waals surface area contributed by atoms with Crippen molar-refractivity contribution in [3.8, 4) is 11.5 Å². The molecule has 1 aromatic rings. The molecule has 7 nitrogen and oxygen atoms in total. The number of hydrogen-bond acceptors (Lipinski definition) is 6. The van der Waals surface area contributed by atoms with Crippen LogP contribution in [0.25, 0.3) is 0 Å². The van der Waals surface area contributed by atoms with Crippen LogP contribution in [-0.4, -0.2) is 38.0 Å². The second kappa shape index (κ2) is 6.53. The van der Waals surface area contributed by atoms with Gasteiger partial charge < -0.3 is 14.8 Å². The van der Waals surface area contributed by atoms with Gasteiger partial charge in [0.2, 0.25) is 5.75 Å². The number of piperidine rings is 1. The summed E-state index contributed by atoms with van der Waals surface area (Å²) in [6.07, 6.45) is 1.71. The van der Waals surface area contributed by atoms with Gasteiger partial charge in [0.05, 0.1) is 19.1 Å². The first-order valence-electron chi connectivity index (χ1n) is 6.73. The molecule has 1 N–H and O–H groups in total. The van der Waals surface area contributed by atoms with Crippen LogP contribution in [0, 0.1) is 16.0 Å². The van der Waals surface area contributed by atoms with E-state index in [9.17, 15) is 14.9 Å². The molecule has 0 bridgehead atoms. The summed E-state index contributed by atoms with van der Waals surface area (Å²) in [5.74, 6) is -0.0395. The summed E-state index contributed by atoms with van der Waals surface area (Å²) in [7, 11) is 2.72. The van der Waals surface area contributed by atoms with Gasteiger partial charge in [0.15, 0.2) is 11.5 Å². The average molecular weight is 294 g/mol. The zero-order valence-electron chi connectivity index (χ0n) is 12.0. The van der Waals surface area contributed by atoms with E-state index in [2.05, 4.69) is 5.32 Å². The standard InChI is InChI=1S/C14H18N2O5/c1-20-12-7-10(6-11(16(18)19)14(12)21-2)13(17)9-4-3-5-15-8-9/h6-7,9,15H,3-5,8H2,1-2H3. The van der Waals surface area contributed by atoms with E-state index >= 15 is 0 Å². The highest BCUT2D eigenvalue weighted by molar-refractivity contribution is 5.99. The summed E-state index contributed by atoms with van der Waals surface area (Å²) in [5, 5.41) is 14.3. The van der Waals surface area contributed by atoms with Crippen LogP contribution in [0.5, 0.6) is 11.5 Å². The summed E-state index contributed by atoms with van der Waals surface area (Å²) in [4.78, 5) is 23.1. The lowest BCUT2D eigenvalue weighted by atomic mass is 9.90. The van der Waals surface area contributed by atoms with Gasteiger partial charge in [-0.2, -0.15) is 0 Å². The van der Waals surface area contributed by atoms with E-state index in [1.807, 2.05) is 0 Å². The molecule has 1 aliphatic heterocycles. The first-order chi connectivity index (χ1) is 10.1. The quantitative estimate of drug-likeness (QED) is 0.506. The normalized spacial score (nSPS) is 18.1. The molecular weight excluding hydrogens is 276 g/mol. The van der Waals surface area contributed by atoms with E-state index in [0.717, 1.165) is 19.4 Å². The van der Waals surface area contributed by atoms with Crippen LogP contribution in [0.3, 0.4) is 0 Å². The van der Waals surface area contributed by atoms with Gasteiger partial charge in [-0.3, -0.25) is 14.9 Å². The number of benzene rings is 1. The summed E-state index contributed by atoms with van der Waals surface area (Å²) in [5.41, 5.74) is 0.0250. The molecule has 1 aromatic carbocycles. The van der Waals surface area contributed by atoms with Crippen molar-refractivity contribution in [1.82, 2.24) is 5.32 Å². The fourth-order valence-electron chi connectivity index (χ4n) is 2.53. The minimum atomic E-state index is -0.572. The minimum absolute atomic E-state index is 0.0285. The minimum Gasteiger partial charge on any atom is -0.493 e. The van der Waals surface area contributed by atoms with E-state index < -0.39 is 4.92 Å². The third kappa shape index (κ3) is 3.13. The molecule has 21 heavy (non-hydrogen) atoms. The van der Waals surface area contributed by atoms with Crippen LogP contribution in [-0.2, 0) is 0 Å². The Kier molecular flexibility index (Phi) is 4.74. The molecule has 1 unspecified atom stereocenters. The molecule has 1 aliphatic rings. The van der Waals surface area contributed by atoms with Gasteiger partial charge in [-0.05, 0) is 25.5 Å². The molecule has 1 heterocycles. The van der Waals surface area contributed by atoms with Crippen molar-refractivity contribution in [3.05, 3.63) is 27.8 Å². The summed E-state index contributed by atoms with van der Waals surface area (Å²) in [6, 6.07) is 2.76. The van der Waals surface area contributed by atoms with E-state index in [4.69, 9.17) is 9.47 Å². The molecule has 2 rings (SSSR count). The number of ketones is 1. The Labute approximate surface area is 122 Å². The molecule has 0 spiro atoms. The zero-order valence-corrected chi connectivity index (χ0v) is 12.0. The second-order valence-corrected chi connectivity index (χ2v) is 4.90. The van der Waals surface area contributed by atoms with Crippen LogP contribution in [0.4, 0.5) is 5.69 Å². The van der Waals surface area contributed by atoms with E-state index in [0.29, 0.717) is 6.54 Å². The maximum absolute atomic E-state index is 12.5. The van der Waals surface area contributed by atoms with Crippen LogP contribution in [0.15, 0.2) is 12.1 Å². The van der Waals surface area contributed by atoms with Gasteiger partial charge in [0, 0.05) is 24.1 Å². The SMILES string of the molecule is COc1cc(C(=O)C2CCCNC2)cc([N+](=O)[O-])c1OC. The fourth-order valence-corrected chi connectivity index (χ4v) is 2.53. The van der Waals surface area contributed by atoms with Crippen molar-refractivity contribution >= 4 is 11.5 Å². The second-order valence-electron chi connectivity index (χ2n) is 4.90. The Hall–Kier alpha value is -2.15. The van der Waals surface area contributed by atoms with Crippen molar-refractivity contribution in [2.24, 2.45) is 5.92 Å². The Bertz CT molecular complexity index is 553. The number of nitrogens with one attached hydrogen (secondary N) is 1. The molecule has 114 valence electrons. The van der Waals surface area contributed by atoms with Crippen LogP contribution < -0.4 is 14.8 Å². The number of ether oxygens (including phenoxy) is 2. The van der Waals surface area contributed by atoms with Crippen LogP contribution >= 0.6 is 0 Å². The molecule has 1 saturated heterocycles. The van der Waals surface area contributed by atoms with Gasteiger partial charge in [0.1, 0.15) is 0 Å². The van der Waals surface area contributed by atoms with E-state index in [-0.39, 0.29) is 34.5 Å². The van der Waals surface area contributed by atoms with E-state index in [1.54, 1.807) is 0 Å². The number of carbonyl (C=O) groups excluding carboxylic acids is 1. The molecule has 0 aliphatic carbocycles. The first kappa shape index (κ1) is 15.2. The number of nitro benzene ring substituents is 1. The maximum Gasteiger partial charge on any atom is 0.315 e. The first-order valence-corrected chi connectivity index (χ1v) is 6.73. The third-order valence-corrected chi connectivity index (χ3v) is 3.61. The fraction of sp³-hybridized carbons (Fsp3) is 0.500. The van der Waals surface area contributed by atoms with Crippen molar-refractivity contribution in [2.45, 2.75) is 12.8 Å². The monoisotopic (exact) mass is 294 g/mol. The maximum atomic E-state index is 12.5. The third-order valence-electron chi connectivity index (χ3n) is 3.61. The van der Waals surface area contributed by atoms with Gasteiger partial charge in [0.25, 0.3) is 0 Å². The lowest BCUT2D eigenvalue weighted by molar-refractivity contribution is -0.385. The van der Waals surface area contributed by atoms with E-state index in [1.165, 1.54) is 26.4 Å². The Balaban J connectivity index is 2.41. The largest absolute Gasteiger partial charge is 0.493 e. The van der Waals surface area contributed by atoms with Crippen LogP contribution in [0.1, 0.15) is 23.2 Å². The highest BCUT2D eigenvalue weighted by Crippen LogP contribution is 2.38. The molecule has 0 saturated carbocycles. The molecule has 1 atom stereocenters. The molecule has 7 heteroatoms. The highest BCUT2D eigenvalue weighted by Gasteiger charge is 2.28. The predicted octanol–water partition coefficient (Wildman–Crippen LogP) is 1.79. The lowest BCUT2D eigenvalue weighted by Gasteiger charge is -2.21. The number of nitro groups is 1. The number of methoxy groups -OCH3 is 2. The molecule has 1 fully saturated rings. The van der Waals surface area contributed by atoms with Crippen molar-refractivity contribution in [1.29, 1.82) is 0 Å². The van der Waals surface area contributed by atoms with Gasteiger partial charge >= 0.3 is 5.69 Å². The Morgan fingerprint density at radius 2 is 2.14 bits per heavy atom. The predicted molar refractivity (Wildman–Crippen MR) is 76.1 cm³/mol. The van der Waals surface area contributed by atoms with Gasteiger partial charge in [-0.1, -0.05) is 0 Å². The number of rotatable bonds is 5. The Morgan fingerprint density at radius 3 is 2.67 bits per heavy atom. The topological polar surface area (TPSA) is 90.7 Å². The molecule has 0 aromatic heterocycles. The van der Waals surface area contributed by atoms with Gasteiger partial charge in [-0.25, -0.2) is 0 Å². The lowest BCUT2D eigenvalue weighted by Crippen LogP contribution is -2.34. The average Bonchev–Trinajstić information content (AvgIpc) is 2.53. The zero-order chi connectivity index (χ0) is 15.4. The molecule has 0 amide bonds. The van der Waals surface area contributed by atoms with Crippen molar-refractivity contribution in [2.75, 3.05) is 27.3 Å². The summed E-state index contributed by atoms with van der Waals surface area (Å²) >= 11 is 0. The molecular formula is C14H18N2O5. The summed E-state index contributed by atoms with van der Waals surface area (Å²) < 4.78 is 10.1. The van der Waals surface area contributed by atoms with Gasteiger partial charge in [-0.15, -0.1) is 0 Å². The Morgan fingerprint density at radius 1 is 1.38 bits per heavy atom. The number of hydrogen-bond donors (Lipinski definition) is 1. The number of nitrogens with zero attached hydrogens (tertiary/aromatic N) is 1. The van der Waals surface area contributed by atoms with Crippen LogP contribution in [0.2, 0.25) is 0 Å². The highest BCUT2D eigenvalue weighted by atomic mass is 16.6. The number of Topliss-reactive ketones (excluding diaryl/α,β-unsaturated/α-hetero) is 1.